The molecule has 0 saturated carbocycles. The number of alkyl halides is 3. The Balaban J connectivity index is 3.61. The van der Waals surface area contributed by atoms with Crippen molar-refractivity contribution in [3.63, 3.8) is 0 Å². The highest BCUT2D eigenvalue weighted by molar-refractivity contribution is 9.10. The molecule has 12 heteroatoms. The van der Waals surface area contributed by atoms with Gasteiger partial charge in [-0.15, -0.1) is 13.2 Å². The second kappa shape index (κ2) is 5.65. The van der Waals surface area contributed by atoms with Crippen LogP contribution in [-0.4, -0.2) is 35.7 Å². The third-order valence-electron chi connectivity index (χ3n) is 1.95. The van der Waals surface area contributed by atoms with E-state index in [9.17, 15) is 30.0 Å². The minimum absolute atomic E-state index is 0.131. The predicted octanol–water partition coefficient (Wildman–Crippen LogP) is 2.07. The van der Waals surface area contributed by atoms with Crippen LogP contribution in [0, 0.1) is 0 Å². The summed E-state index contributed by atoms with van der Waals surface area (Å²) in [6, 6.07) is 2.88. The van der Waals surface area contributed by atoms with E-state index < -0.39 is 37.8 Å². The summed E-state index contributed by atoms with van der Waals surface area (Å²) >= 11 is 2.89. The van der Waals surface area contributed by atoms with Crippen LogP contribution in [0.2, 0.25) is 0 Å². The molecule has 0 aliphatic carbocycles. The molecule has 0 N–H and O–H groups in total. The van der Waals surface area contributed by atoms with E-state index in [4.69, 9.17) is 0 Å². The topological polar surface area (TPSA) is 80.8 Å². The standard InChI is InChI=1S/C9H9BrF3NO5S2/c1-20(15,16)14(21(2,17)18)7-4-3-6(10)5-8(7)19-9(11,12)13/h3-5H,1-2H3. The minimum atomic E-state index is -5.11. The zero-order valence-corrected chi connectivity index (χ0v) is 13.8. The summed E-state index contributed by atoms with van der Waals surface area (Å²) in [4.78, 5) is 0. The smallest absolute Gasteiger partial charge is 0.403 e. The summed E-state index contributed by atoms with van der Waals surface area (Å²) in [6.45, 7) is 0. The third-order valence-corrected chi connectivity index (χ3v) is 5.66. The molecule has 1 aromatic carbocycles. The first kappa shape index (κ1) is 18.0. The lowest BCUT2D eigenvalue weighted by Gasteiger charge is -2.23. The molecule has 0 bridgehead atoms. The van der Waals surface area contributed by atoms with Gasteiger partial charge in [0.25, 0.3) is 0 Å². The van der Waals surface area contributed by atoms with E-state index in [-0.39, 0.29) is 8.18 Å². The number of hydrogen-bond acceptors (Lipinski definition) is 5. The fourth-order valence-corrected chi connectivity index (χ4v) is 4.77. The summed E-state index contributed by atoms with van der Waals surface area (Å²) < 4.78 is 87.1. The fourth-order valence-electron chi connectivity index (χ4n) is 1.45. The number of rotatable bonds is 4. The Bertz CT molecular complexity index is 713. The van der Waals surface area contributed by atoms with Crippen LogP contribution in [-0.2, 0) is 20.0 Å². The SMILES string of the molecule is CS(=O)(=O)N(c1ccc(Br)cc1OC(F)(F)F)S(C)(=O)=O. The van der Waals surface area contributed by atoms with Crippen molar-refractivity contribution in [3.05, 3.63) is 22.7 Å². The Morgan fingerprint density at radius 1 is 1.10 bits per heavy atom. The van der Waals surface area contributed by atoms with E-state index in [2.05, 4.69) is 20.7 Å². The molecular formula is C9H9BrF3NO5S2. The number of halogens is 4. The summed E-state index contributed by atoms with van der Waals surface area (Å²) in [7, 11) is -8.77. The number of hydrogen-bond donors (Lipinski definition) is 0. The molecule has 0 aliphatic rings. The van der Waals surface area contributed by atoms with E-state index in [0.717, 1.165) is 12.1 Å². The zero-order chi connectivity index (χ0) is 16.6. The molecule has 0 aromatic heterocycles. The molecule has 0 unspecified atom stereocenters. The number of benzene rings is 1. The first-order valence-electron chi connectivity index (χ1n) is 4.97. The Labute approximate surface area is 127 Å². The molecule has 0 heterocycles. The summed E-state index contributed by atoms with van der Waals surface area (Å²) in [5, 5.41) is 0. The lowest BCUT2D eigenvalue weighted by atomic mass is 10.3. The van der Waals surface area contributed by atoms with Crippen molar-refractivity contribution >= 4 is 41.7 Å². The molecule has 0 saturated heterocycles. The Morgan fingerprint density at radius 3 is 1.95 bits per heavy atom. The van der Waals surface area contributed by atoms with Crippen LogP contribution in [0.5, 0.6) is 5.75 Å². The van der Waals surface area contributed by atoms with Crippen LogP contribution in [0.25, 0.3) is 0 Å². The number of nitrogens with zero attached hydrogens (tertiary/aromatic N) is 1. The molecule has 0 spiro atoms. The average Bonchev–Trinajstić information content (AvgIpc) is 2.15. The van der Waals surface area contributed by atoms with Gasteiger partial charge < -0.3 is 4.74 Å². The minimum Gasteiger partial charge on any atom is -0.403 e. The van der Waals surface area contributed by atoms with E-state index in [1.54, 1.807) is 0 Å². The normalized spacial score (nSPS) is 13.0. The molecule has 6 nitrogen and oxygen atoms in total. The zero-order valence-electron chi connectivity index (χ0n) is 10.5. The molecule has 0 fully saturated rings. The van der Waals surface area contributed by atoms with Gasteiger partial charge in [0.15, 0.2) is 5.75 Å². The largest absolute Gasteiger partial charge is 0.573 e. The molecule has 1 aromatic rings. The highest BCUT2D eigenvalue weighted by atomic mass is 79.9. The molecule has 0 aliphatic heterocycles. The molecule has 0 radical (unpaired) electrons. The van der Waals surface area contributed by atoms with Crippen molar-refractivity contribution in [3.8, 4) is 5.75 Å². The fraction of sp³-hybridized carbons (Fsp3) is 0.333. The molecule has 0 amide bonds. The highest BCUT2D eigenvalue weighted by Crippen LogP contribution is 2.37. The monoisotopic (exact) mass is 411 g/mol. The Kier molecular flexibility index (Phi) is 4.85. The summed E-state index contributed by atoms with van der Waals surface area (Å²) in [6.07, 6.45) is -4.02. The van der Waals surface area contributed by atoms with Gasteiger partial charge in [-0.05, 0) is 18.2 Å². The van der Waals surface area contributed by atoms with Crippen LogP contribution < -0.4 is 8.45 Å². The summed E-state index contributed by atoms with van der Waals surface area (Å²) in [5.41, 5.74) is -0.763. The Morgan fingerprint density at radius 2 is 1.57 bits per heavy atom. The van der Waals surface area contributed by atoms with E-state index >= 15 is 0 Å². The van der Waals surface area contributed by atoms with Crippen LogP contribution in [0.4, 0.5) is 18.9 Å². The molecule has 0 atom stereocenters. The number of ether oxygens (including phenoxy) is 1. The number of sulfonamides is 2. The van der Waals surface area contributed by atoms with Crippen molar-refractivity contribution in [2.45, 2.75) is 6.36 Å². The predicted molar refractivity (Wildman–Crippen MR) is 73.0 cm³/mol. The maximum atomic E-state index is 12.4. The van der Waals surface area contributed by atoms with Gasteiger partial charge in [0.05, 0.1) is 12.5 Å². The van der Waals surface area contributed by atoms with Gasteiger partial charge in [0, 0.05) is 4.47 Å². The second-order valence-electron chi connectivity index (χ2n) is 3.88. The van der Waals surface area contributed by atoms with Crippen LogP contribution in [0.15, 0.2) is 22.7 Å². The van der Waals surface area contributed by atoms with Gasteiger partial charge in [-0.25, -0.2) is 16.8 Å². The van der Waals surface area contributed by atoms with Crippen LogP contribution in [0.3, 0.4) is 0 Å². The van der Waals surface area contributed by atoms with Crippen molar-refractivity contribution in [2.75, 3.05) is 16.2 Å². The maximum absolute atomic E-state index is 12.4. The maximum Gasteiger partial charge on any atom is 0.573 e. The Hall–Kier alpha value is -1.01. The van der Waals surface area contributed by atoms with Gasteiger partial charge in [-0.3, -0.25) is 0 Å². The first-order valence-corrected chi connectivity index (χ1v) is 9.46. The summed E-state index contributed by atoms with van der Waals surface area (Å²) in [5.74, 6) is -0.965. The molecular weight excluding hydrogens is 403 g/mol. The van der Waals surface area contributed by atoms with Crippen molar-refractivity contribution < 1.29 is 34.7 Å². The van der Waals surface area contributed by atoms with E-state index in [0.29, 0.717) is 12.5 Å². The third kappa shape index (κ3) is 5.04. The van der Waals surface area contributed by atoms with Crippen LogP contribution in [0.1, 0.15) is 0 Å². The van der Waals surface area contributed by atoms with Crippen molar-refractivity contribution in [1.82, 2.24) is 0 Å². The molecule has 120 valence electrons. The second-order valence-corrected chi connectivity index (χ2v) is 8.69. The van der Waals surface area contributed by atoms with Gasteiger partial charge in [-0.2, -0.15) is 3.71 Å². The van der Waals surface area contributed by atoms with Gasteiger partial charge in [-0.1, -0.05) is 15.9 Å². The van der Waals surface area contributed by atoms with Crippen molar-refractivity contribution in [1.29, 1.82) is 0 Å². The van der Waals surface area contributed by atoms with Crippen LogP contribution >= 0.6 is 15.9 Å². The van der Waals surface area contributed by atoms with E-state index in [1.165, 1.54) is 6.07 Å². The van der Waals surface area contributed by atoms with Crippen molar-refractivity contribution in [2.24, 2.45) is 0 Å². The highest BCUT2D eigenvalue weighted by Gasteiger charge is 2.36. The van der Waals surface area contributed by atoms with Gasteiger partial charge >= 0.3 is 6.36 Å². The van der Waals surface area contributed by atoms with Gasteiger partial charge in [0.2, 0.25) is 20.0 Å². The number of anilines is 1. The molecule has 1 rings (SSSR count). The quantitative estimate of drug-likeness (QED) is 0.757. The average molecular weight is 412 g/mol. The van der Waals surface area contributed by atoms with Gasteiger partial charge in [0.1, 0.15) is 5.69 Å². The lowest BCUT2D eigenvalue weighted by Crippen LogP contribution is -2.36. The first-order chi connectivity index (χ1) is 9.22. The molecule has 21 heavy (non-hydrogen) atoms. The lowest BCUT2D eigenvalue weighted by molar-refractivity contribution is -0.274. The van der Waals surface area contributed by atoms with E-state index in [1.807, 2.05) is 0 Å².